The fourth-order valence-corrected chi connectivity index (χ4v) is 0. The molecule has 0 fully saturated rings. The molecule has 0 radical (unpaired) electrons. The van der Waals surface area contributed by atoms with E-state index in [1.54, 1.807) is 0 Å². The van der Waals surface area contributed by atoms with Crippen LogP contribution in [0.2, 0.25) is 0 Å². The van der Waals surface area contributed by atoms with Crippen LogP contribution in [0.5, 0.6) is 0 Å². The van der Waals surface area contributed by atoms with Gasteiger partial charge in [-0.15, -0.1) is 0 Å². The molecule has 0 saturated heterocycles. The van der Waals surface area contributed by atoms with E-state index >= 15 is 0 Å². The van der Waals surface area contributed by atoms with Crippen molar-refractivity contribution in [2.45, 2.75) is 0 Å². The van der Waals surface area contributed by atoms with Gasteiger partial charge in [-0.2, -0.15) is 0 Å². The van der Waals surface area contributed by atoms with Crippen LogP contribution in [-0.2, 0) is 0 Å². The quantitative estimate of drug-likeness (QED) is 0.201. The van der Waals surface area contributed by atoms with E-state index in [9.17, 15) is 0 Å². The van der Waals surface area contributed by atoms with Crippen molar-refractivity contribution < 1.29 is 40.0 Å². The largest absolute Gasteiger partial charge is 1.00 e. The van der Waals surface area contributed by atoms with Gasteiger partial charge in [0.05, 0.1) is 5.09 Å². The van der Waals surface area contributed by atoms with E-state index in [1.807, 2.05) is 0 Å². The topological polar surface area (TPSA) is 120 Å². The molecule has 8 heavy (non-hydrogen) atoms. The van der Waals surface area contributed by atoms with Crippen LogP contribution in [0.3, 0.4) is 0 Å². The van der Waals surface area contributed by atoms with Gasteiger partial charge in [0.15, 0.2) is 0 Å². The Labute approximate surface area is 65.6 Å². The summed E-state index contributed by atoms with van der Waals surface area (Å²) in [5, 5.41) is 23.1. The smallest absolute Gasteiger partial charge is 0.356 e. The second kappa shape index (κ2) is 16.0. The van der Waals surface area contributed by atoms with Gasteiger partial charge in [0.1, 0.15) is 0 Å². The molecule has 0 aromatic rings. The van der Waals surface area contributed by atoms with Gasteiger partial charge in [-0.05, 0) is 0 Å². The van der Waals surface area contributed by atoms with E-state index in [-0.39, 0.29) is 34.9 Å². The number of rotatable bonds is 0. The third kappa shape index (κ3) is 741. The van der Waals surface area contributed by atoms with Crippen molar-refractivity contribution >= 4 is 0 Å². The predicted molar refractivity (Wildman–Crippen MR) is 18.1 cm³/mol. The van der Waals surface area contributed by atoms with Crippen molar-refractivity contribution in [3.8, 4) is 0 Å². The number of nitrogens with zero attached hydrogens (tertiary/aromatic N) is 1. The van der Waals surface area contributed by atoms with E-state index in [1.165, 1.54) is 0 Å². The van der Waals surface area contributed by atoms with Crippen molar-refractivity contribution in [3.05, 3.63) is 25.4 Å². The average Bonchev–Trinajstić information content (AvgIpc) is 1.33. The normalized spacial score (nSPS) is 4.50. The first-order valence-electron chi connectivity index (χ1n) is 0.956. The average molecular weight is 132 g/mol. The summed E-state index contributed by atoms with van der Waals surface area (Å²) in [5.74, 6) is 0. The fraction of sp³-hybridized carbons (Fsp3) is 0. The Morgan fingerprint density at radius 1 is 1.38 bits per heavy atom. The Morgan fingerprint density at radius 2 is 1.38 bits per heavy atom. The summed E-state index contributed by atoms with van der Waals surface area (Å²) in [6.07, 6.45) is 0. The molecule has 0 aliphatic heterocycles. The molecule has 0 unspecified atom stereocenters. The molecule has 0 saturated carbocycles. The monoisotopic (exact) mass is 132 g/mol. The molecule has 0 spiro atoms. The van der Waals surface area contributed by atoms with Crippen molar-refractivity contribution in [3.63, 3.8) is 0 Å². The van der Waals surface area contributed by atoms with Crippen LogP contribution >= 0.6 is 0 Å². The van der Waals surface area contributed by atoms with E-state index < -0.39 is 5.09 Å². The minimum absolute atomic E-state index is 0. The molecule has 0 atom stereocenters. The SMILES string of the molecule is O=[N+]([O-])[O-].O=[NH+][O-].[Na+]. The van der Waals surface area contributed by atoms with Gasteiger partial charge in [-0.1, -0.05) is 0 Å². The molecule has 0 aliphatic rings. The van der Waals surface area contributed by atoms with E-state index in [0.29, 0.717) is 0 Å². The van der Waals surface area contributed by atoms with Gasteiger partial charge in [-0.25, -0.2) is 0 Å². The minimum Gasteiger partial charge on any atom is -0.356 e. The molecule has 0 aromatic carbocycles. The predicted octanol–water partition coefficient (Wildman–Crippen LogP) is -4.90. The Bertz CT molecular complexity index is 57.4. The molecular formula is HN2NaO5. The summed E-state index contributed by atoms with van der Waals surface area (Å²) in [4.78, 5) is 16.4. The Hall–Kier alpha value is -0.400. The first-order valence-corrected chi connectivity index (χ1v) is 0.956. The Morgan fingerprint density at radius 3 is 1.38 bits per heavy atom. The van der Waals surface area contributed by atoms with Crippen LogP contribution in [0.25, 0.3) is 0 Å². The first kappa shape index (κ1) is 15.6. The maximum atomic E-state index is 8.25. The summed E-state index contributed by atoms with van der Waals surface area (Å²) in [6, 6.07) is 0. The third-order valence-corrected chi connectivity index (χ3v) is 0. The fourth-order valence-electron chi connectivity index (χ4n) is 0. The van der Waals surface area contributed by atoms with Gasteiger partial charge >= 0.3 is 29.6 Å². The summed E-state index contributed by atoms with van der Waals surface area (Å²) in [7, 11) is 0. The Kier molecular flexibility index (Phi) is 31.2. The number of hydrogen-bond acceptors (Lipinski definition) is 5. The molecule has 1 N–H and O–H groups in total. The molecule has 0 aromatic heterocycles. The maximum absolute atomic E-state index is 8.25. The summed E-state index contributed by atoms with van der Waals surface area (Å²) in [5.41, 5.74) is 0. The molecule has 42 valence electrons. The van der Waals surface area contributed by atoms with Gasteiger partial charge in [0.25, 0.3) is 0 Å². The molecule has 0 heterocycles. The van der Waals surface area contributed by atoms with Crippen LogP contribution in [0.1, 0.15) is 0 Å². The maximum Gasteiger partial charge on any atom is 1.00 e. The van der Waals surface area contributed by atoms with E-state index in [2.05, 4.69) is 0 Å². The molecule has 0 rings (SSSR count). The van der Waals surface area contributed by atoms with Crippen LogP contribution in [-0.4, -0.2) is 5.09 Å². The van der Waals surface area contributed by atoms with Crippen LogP contribution in [0.4, 0.5) is 0 Å². The Balaban J connectivity index is -0.0000000575. The van der Waals surface area contributed by atoms with Gasteiger partial charge < -0.3 is 15.3 Å². The van der Waals surface area contributed by atoms with Crippen molar-refractivity contribution in [2.24, 2.45) is 0 Å². The molecule has 0 bridgehead atoms. The third-order valence-electron chi connectivity index (χ3n) is 0. The second-order valence-corrected chi connectivity index (χ2v) is 0.307. The van der Waals surface area contributed by atoms with Crippen LogP contribution in [0, 0.1) is 25.4 Å². The first-order chi connectivity index (χ1) is 3.15. The summed E-state index contributed by atoms with van der Waals surface area (Å²) < 4.78 is 0. The zero-order valence-electron chi connectivity index (χ0n) is 3.99. The number of hydrogen-bond donors (Lipinski definition) is 1. The minimum atomic E-state index is -1.75. The molecule has 0 aliphatic carbocycles. The van der Waals surface area contributed by atoms with Gasteiger partial charge in [0.2, 0.25) is 0 Å². The zero-order chi connectivity index (χ0) is 6.28. The van der Waals surface area contributed by atoms with Crippen molar-refractivity contribution in [2.75, 3.05) is 0 Å². The van der Waals surface area contributed by atoms with Crippen molar-refractivity contribution in [1.82, 2.24) is 0 Å². The molecule has 0 amide bonds. The zero-order valence-corrected chi connectivity index (χ0v) is 5.99. The second-order valence-electron chi connectivity index (χ2n) is 0.307. The van der Waals surface area contributed by atoms with Crippen LogP contribution < -0.4 is 34.9 Å². The molecular weight excluding hydrogens is 131 g/mol. The van der Waals surface area contributed by atoms with Crippen LogP contribution in [0.15, 0.2) is 0 Å². The van der Waals surface area contributed by atoms with E-state index in [4.69, 9.17) is 25.4 Å². The summed E-state index contributed by atoms with van der Waals surface area (Å²) in [6.45, 7) is 0. The van der Waals surface area contributed by atoms with E-state index in [0.717, 1.165) is 0 Å². The molecule has 8 heteroatoms. The van der Waals surface area contributed by atoms with Gasteiger partial charge in [0, 0.05) is 5.34 Å². The standard InChI is InChI=1S/NO3.HNO2.Na/c2-1(3)4;2-1-3;/h;1H;/q-1;;+1. The van der Waals surface area contributed by atoms with Gasteiger partial charge in [-0.3, -0.25) is 10.1 Å². The molecule has 7 nitrogen and oxygen atoms in total. The number of nitrogens with one attached hydrogen (secondary N) is 1. The summed E-state index contributed by atoms with van der Waals surface area (Å²) >= 11 is 0. The van der Waals surface area contributed by atoms with Crippen molar-refractivity contribution in [1.29, 1.82) is 0 Å².